The fraction of sp³-hybridized carbons (Fsp3) is 0.0741. The summed E-state index contributed by atoms with van der Waals surface area (Å²) in [5.41, 5.74) is 2.94. The fourth-order valence-electron chi connectivity index (χ4n) is 4.31. The van der Waals surface area contributed by atoms with Crippen molar-refractivity contribution in [3.05, 3.63) is 100 Å². The molecule has 0 bridgehead atoms. The maximum atomic E-state index is 17.5. The van der Waals surface area contributed by atoms with E-state index >= 15 is 4.11 Å². The molecule has 0 radical (unpaired) electrons. The Labute approximate surface area is 207 Å². The molecule has 0 aliphatic heterocycles. The second-order valence-corrected chi connectivity index (χ2v) is 11.7. The number of halogens is 2. The van der Waals surface area contributed by atoms with E-state index < -0.39 is 8.41 Å². The molecule has 0 fully saturated rings. The first-order valence-corrected chi connectivity index (χ1v) is 13.1. The van der Waals surface area contributed by atoms with E-state index in [4.69, 9.17) is 23.0 Å². The molecule has 3 aromatic heterocycles. The summed E-state index contributed by atoms with van der Waals surface area (Å²) in [4.78, 5) is 21.8. The number of nitrogens with zero attached hydrogens (tertiary/aromatic N) is 4. The number of rotatable bonds is 4. The lowest BCUT2D eigenvalue weighted by molar-refractivity contribution is 0.821. The van der Waals surface area contributed by atoms with Crippen LogP contribution in [0.1, 0.15) is 5.56 Å². The standard InChI is InChI=1S/C27H20ClFN4OSi/c1-4-18-6-5-7-19(14-18)22-15-25(34)33(3)23-12-13-24(31-27(22)23)35(29,26-16-30-17-32(26)2)21-10-8-20(28)9-11-21/h1,5-17H,2-3H3/t35-/m1/s1. The predicted molar refractivity (Wildman–Crippen MR) is 141 cm³/mol. The highest BCUT2D eigenvalue weighted by Crippen LogP contribution is 2.26. The third-order valence-electron chi connectivity index (χ3n) is 6.19. The van der Waals surface area contributed by atoms with Gasteiger partial charge >= 0.3 is 8.41 Å². The van der Waals surface area contributed by atoms with Crippen LogP contribution in [0.2, 0.25) is 5.02 Å². The lowest BCUT2D eigenvalue weighted by atomic mass is 10.0. The number of hydrogen-bond donors (Lipinski definition) is 0. The number of pyridine rings is 2. The van der Waals surface area contributed by atoms with Crippen LogP contribution in [0.3, 0.4) is 0 Å². The van der Waals surface area contributed by atoms with Crippen LogP contribution in [-0.2, 0) is 14.1 Å². The summed E-state index contributed by atoms with van der Waals surface area (Å²) in [7, 11) is -0.632. The Hall–Kier alpha value is -3.99. The summed E-state index contributed by atoms with van der Waals surface area (Å²) in [6.45, 7) is 0. The quantitative estimate of drug-likeness (QED) is 0.217. The van der Waals surface area contributed by atoms with Gasteiger partial charge in [0.1, 0.15) is 0 Å². The number of imidazole rings is 1. The smallest absolute Gasteiger partial charge is 0.338 e. The summed E-state index contributed by atoms with van der Waals surface area (Å²) in [6, 6.07) is 19.0. The van der Waals surface area contributed by atoms with Gasteiger partial charge in [0.2, 0.25) is 0 Å². The van der Waals surface area contributed by atoms with E-state index in [1.807, 2.05) is 24.3 Å². The van der Waals surface area contributed by atoms with Gasteiger partial charge in [0.25, 0.3) is 5.56 Å². The van der Waals surface area contributed by atoms with Gasteiger partial charge < -0.3 is 9.13 Å². The van der Waals surface area contributed by atoms with Gasteiger partial charge in [-0.05, 0) is 47.1 Å². The van der Waals surface area contributed by atoms with Gasteiger partial charge in [0, 0.05) is 42.5 Å². The summed E-state index contributed by atoms with van der Waals surface area (Å²) in [5.74, 6) is 2.62. The molecule has 0 saturated carbocycles. The first-order chi connectivity index (χ1) is 16.8. The maximum Gasteiger partial charge on any atom is 0.374 e. The normalized spacial score (nSPS) is 12.9. The highest BCUT2D eigenvalue weighted by Gasteiger charge is 2.45. The van der Waals surface area contributed by atoms with Gasteiger partial charge in [-0.1, -0.05) is 41.8 Å². The zero-order valence-electron chi connectivity index (χ0n) is 19.0. The van der Waals surface area contributed by atoms with E-state index in [-0.39, 0.29) is 5.56 Å². The van der Waals surface area contributed by atoms with Gasteiger partial charge in [-0.25, -0.2) is 4.98 Å². The highest BCUT2D eigenvalue weighted by atomic mass is 35.5. The third kappa shape index (κ3) is 3.77. The minimum absolute atomic E-state index is 0.193. The van der Waals surface area contributed by atoms with Crippen molar-refractivity contribution in [1.82, 2.24) is 19.1 Å². The summed E-state index contributed by atoms with van der Waals surface area (Å²) in [5, 5.41) is 1.77. The zero-order chi connectivity index (χ0) is 24.7. The number of aryl methyl sites for hydroxylation is 2. The van der Waals surface area contributed by atoms with Crippen molar-refractivity contribution >= 4 is 46.9 Å². The molecule has 5 nitrogen and oxygen atoms in total. The Morgan fingerprint density at radius 1 is 1.06 bits per heavy atom. The molecule has 0 saturated heterocycles. The summed E-state index contributed by atoms with van der Waals surface area (Å²) >= 11 is 6.10. The second-order valence-electron chi connectivity index (χ2n) is 8.30. The highest BCUT2D eigenvalue weighted by molar-refractivity contribution is 7.05. The van der Waals surface area contributed by atoms with Crippen LogP contribution in [0.4, 0.5) is 4.11 Å². The van der Waals surface area contributed by atoms with E-state index in [1.54, 1.807) is 67.6 Å². The van der Waals surface area contributed by atoms with Crippen molar-refractivity contribution in [2.45, 2.75) is 0 Å². The zero-order valence-corrected chi connectivity index (χ0v) is 20.8. The van der Waals surface area contributed by atoms with Crippen molar-refractivity contribution in [1.29, 1.82) is 0 Å². The van der Waals surface area contributed by atoms with Crippen LogP contribution in [0, 0.1) is 12.3 Å². The molecule has 1 atom stereocenters. The molecule has 0 spiro atoms. The summed E-state index contributed by atoms with van der Waals surface area (Å²) in [6.07, 6.45) is 8.72. The SMILES string of the molecule is C#Cc1cccc(-c2cc(=O)n(C)c3ccc([Si@](F)(c4ccc(Cl)cc4)c4cncn4C)nc23)c1. The molecular weight excluding hydrogens is 479 g/mol. The Morgan fingerprint density at radius 3 is 2.51 bits per heavy atom. The largest absolute Gasteiger partial charge is 0.374 e. The van der Waals surface area contributed by atoms with Gasteiger partial charge in [-0.15, -0.1) is 6.42 Å². The Morgan fingerprint density at radius 2 is 1.83 bits per heavy atom. The third-order valence-corrected chi connectivity index (χ3v) is 9.75. The number of hydrogen-bond acceptors (Lipinski definition) is 3. The molecule has 0 unspecified atom stereocenters. The predicted octanol–water partition coefficient (Wildman–Crippen LogP) is 2.91. The van der Waals surface area contributed by atoms with E-state index in [2.05, 4.69) is 10.9 Å². The molecule has 0 N–H and O–H groups in total. The Balaban J connectivity index is 1.84. The topological polar surface area (TPSA) is 52.7 Å². The van der Waals surface area contributed by atoms with E-state index in [9.17, 15) is 4.79 Å². The van der Waals surface area contributed by atoms with Crippen LogP contribution in [0.5, 0.6) is 0 Å². The maximum absolute atomic E-state index is 17.5. The van der Waals surface area contributed by atoms with Crippen molar-refractivity contribution in [3.8, 4) is 23.5 Å². The van der Waals surface area contributed by atoms with Crippen LogP contribution < -0.4 is 21.4 Å². The van der Waals surface area contributed by atoms with Crippen LogP contribution in [-0.4, -0.2) is 27.5 Å². The second kappa shape index (κ2) is 8.66. The van der Waals surface area contributed by atoms with Crippen LogP contribution in [0.25, 0.3) is 22.2 Å². The van der Waals surface area contributed by atoms with Crippen LogP contribution in [0.15, 0.2) is 84.0 Å². The van der Waals surface area contributed by atoms with Crippen LogP contribution >= 0.6 is 11.6 Å². The van der Waals surface area contributed by atoms with E-state index in [1.165, 1.54) is 10.6 Å². The van der Waals surface area contributed by atoms with Crippen molar-refractivity contribution < 1.29 is 4.11 Å². The molecule has 0 aliphatic rings. The minimum atomic E-state index is -4.07. The monoisotopic (exact) mass is 498 g/mol. The summed E-state index contributed by atoms with van der Waals surface area (Å²) < 4.78 is 20.6. The van der Waals surface area contributed by atoms with E-state index in [0.717, 1.165) is 5.56 Å². The number of benzene rings is 2. The van der Waals surface area contributed by atoms with Gasteiger partial charge in [0.15, 0.2) is 0 Å². The first kappa shape index (κ1) is 22.8. The fourth-order valence-corrected chi connectivity index (χ4v) is 7.29. The average Bonchev–Trinajstić information content (AvgIpc) is 3.32. The number of fused-ring (bicyclic) bond motifs is 1. The molecule has 3 heterocycles. The first-order valence-electron chi connectivity index (χ1n) is 10.8. The lowest BCUT2D eigenvalue weighted by Gasteiger charge is -2.24. The molecule has 172 valence electrons. The molecule has 8 heteroatoms. The minimum Gasteiger partial charge on any atom is -0.338 e. The number of terminal acetylenes is 1. The van der Waals surface area contributed by atoms with E-state index in [0.29, 0.717) is 43.0 Å². The molecule has 0 amide bonds. The molecule has 5 aromatic rings. The van der Waals surface area contributed by atoms with Crippen molar-refractivity contribution in [2.75, 3.05) is 0 Å². The Kier molecular flexibility index (Phi) is 5.63. The molecule has 5 rings (SSSR count). The van der Waals surface area contributed by atoms with Gasteiger partial charge in [-0.3, -0.25) is 13.9 Å². The van der Waals surface area contributed by atoms with Crippen molar-refractivity contribution in [3.63, 3.8) is 0 Å². The Bertz CT molecular complexity index is 1690. The average molecular weight is 499 g/mol. The lowest BCUT2D eigenvalue weighted by Crippen LogP contribution is -2.66. The van der Waals surface area contributed by atoms with Gasteiger partial charge in [-0.2, -0.15) is 0 Å². The molecular formula is C27H20ClFN4OSi. The number of aromatic nitrogens is 4. The molecule has 2 aromatic carbocycles. The van der Waals surface area contributed by atoms with Crippen molar-refractivity contribution in [2.24, 2.45) is 14.1 Å². The molecule has 35 heavy (non-hydrogen) atoms. The molecule has 0 aliphatic carbocycles. The van der Waals surface area contributed by atoms with Gasteiger partial charge in [0.05, 0.1) is 28.0 Å².